The average molecular weight is 405 g/mol. The minimum absolute atomic E-state index is 0.209. The Labute approximate surface area is 162 Å². The van der Waals surface area contributed by atoms with Crippen molar-refractivity contribution in [1.82, 2.24) is 19.9 Å². The summed E-state index contributed by atoms with van der Waals surface area (Å²) in [6.45, 7) is 2.69. The second-order valence-corrected chi connectivity index (χ2v) is 8.31. The van der Waals surface area contributed by atoms with Crippen LogP contribution in [0.4, 0.5) is 0 Å². The van der Waals surface area contributed by atoms with E-state index in [0.29, 0.717) is 29.1 Å². The maximum Gasteiger partial charge on any atom is 0.240 e. The number of sulfonamides is 1. The van der Waals surface area contributed by atoms with Crippen LogP contribution in [0.1, 0.15) is 6.92 Å². The van der Waals surface area contributed by atoms with Crippen LogP contribution < -0.4 is 9.46 Å². The monoisotopic (exact) mass is 404 g/mol. The van der Waals surface area contributed by atoms with Crippen LogP contribution in [0.2, 0.25) is 0 Å². The quantitative estimate of drug-likeness (QED) is 0.420. The van der Waals surface area contributed by atoms with E-state index in [2.05, 4.69) is 19.9 Å². The van der Waals surface area contributed by atoms with Crippen LogP contribution in [0.3, 0.4) is 0 Å². The van der Waals surface area contributed by atoms with Crippen molar-refractivity contribution < 1.29 is 13.2 Å². The maximum atomic E-state index is 12.3. The van der Waals surface area contributed by atoms with Crippen molar-refractivity contribution in [3.63, 3.8) is 0 Å². The molecule has 0 aliphatic carbocycles. The molecule has 1 aromatic heterocycles. The van der Waals surface area contributed by atoms with E-state index in [4.69, 9.17) is 4.74 Å². The van der Waals surface area contributed by atoms with Gasteiger partial charge in [-0.1, -0.05) is 42.1 Å². The second-order valence-electron chi connectivity index (χ2n) is 5.48. The number of aromatic amines is 1. The van der Waals surface area contributed by atoms with Gasteiger partial charge in [-0.2, -0.15) is 0 Å². The van der Waals surface area contributed by atoms with Crippen LogP contribution in [0, 0.1) is 0 Å². The number of ether oxygens (including phenoxy) is 1. The Balaban J connectivity index is 1.50. The SMILES string of the molecule is CCOc1ccc(S(=O)(=O)NCCSc2n[nH]c(-c3ccccc3)n2)cc1. The van der Waals surface area contributed by atoms with E-state index in [0.717, 1.165) is 5.56 Å². The van der Waals surface area contributed by atoms with Crippen molar-refractivity contribution in [2.45, 2.75) is 17.0 Å². The third-order valence-electron chi connectivity index (χ3n) is 3.58. The highest BCUT2D eigenvalue weighted by atomic mass is 32.2. The van der Waals surface area contributed by atoms with Crippen LogP contribution in [-0.2, 0) is 10.0 Å². The fourth-order valence-corrected chi connectivity index (χ4v) is 4.13. The molecule has 0 spiro atoms. The molecule has 3 aromatic rings. The van der Waals surface area contributed by atoms with Gasteiger partial charge in [0.2, 0.25) is 15.2 Å². The van der Waals surface area contributed by atoms with Gasteiger partial charge in [-0.15, -0.1) is 5.10 Å². The highest BCUT2D eigenvalue weighted by molar-refractivity contribution is 7.99. The number of aromatic nitrogens is 3. The van der Waals surface area contributed by atoms with Gasteiger partial charge >= 0.3 is 0 Å². The lowest BCUT2D eigenvalue weighted by Gasteiger charge is -2.07. The lowest BCUT2D eigenvalue weighted by Crippen LogP contribution is -2.26. The van der Waals surface area contributed by atoms with E-state index < -0.39 is 10.0 Å². The van der Waals surface area contributed by atoms with Gasteiger partial charge in [0.1, 0.15) is 5.75 Å². The van der Waals surface area contributed by atoms with Crippen LogP contribution in [0.15, 0.2) is 64.6 Å². The number of H-pyrrole nitrogens is 1. The zero-order valence-corrected chi connectivity index (χ0v) is 16.4. The highest BCUT2D eigenvalue weighted by Crippen LogP contribution is 2.19. The maximum absolute atomic E-state index is 12.3. The molecule has 0 amide bonds. The van der Waals surface area contributed by atoms with Gasteiger partial charge in [-0.05, 0) is 31.2 Å². The Morgan fingerprint density at radius 3 is 2.56 bits per heavy atom. The summed E-state index contributed by atoms with van der Waals surface area (Å²) >= 11 is 1.38. The number of rotatable bonds is 9. The summed E-state index contributed by atoms with van der Waals surface area (Å²) in [5.74, 6) is 1.85. The van der Waals surface area contributed by atoms with Gasteiger partial charge in [0.15, 0.2) is 5.82 Å². The molecule has 9 heteroatoms. The highest BCUT2D eigenvalue weighted by Gasteiger charge is 2.13. The Kier molecular flexibility index (Phi) is 6.49. The molecule has 0 aliphatic heterocycles. The Hall–Kier alpha value is -2.36. The minimum Gasteiger partial charge on any atom is -0.494 e. The van der Waals surface area contributed by atoms with Gasteiger partial charge in [0.25, 0.3) is 0 Å². The van der Waals surface area contributed by atoms with E-state index in [9.17, 15) is 8.42 Å². The van der Waals surface area contributed by atoms with Crippen LogP contribution >= 0.6 is 11.8 Å². The molecule has 0 radical (unpaired) electrons. The van der Waals surface area contributed by atoms with E-state index in [1.807, 2.05) is 37.3 Å². The lowest BCUT2D eigenvalue weighted by molar-refractivity contribution is 0.340. The molecular formula is C18H20N4O3S2. The molecule has 0 saturated carbocycles. The number of hydrogen-bond acceptors (Lipinski definition) is 6. The number of hydrogen-bond donors (Lipinski definition) is 2. The molecule has 0 bridgehead atoms. The Bertz CT molecular complexity index is 958. The molecule has 0 saturated heterocycles. The minimum atomic E-state index is -3.55. The summed E-state index contributed by atoms with van der Waals surface area (Å²) in [7, 11) is -3.55. The van der Waals surface area contributed by atoms with Crippen molar-refractivity contribution in [2.24, 2.45) is 0 Å². The van der Waals surface area contributed by atoms with Crippen molar-refractivity contribution in [2.75, 3.05) is 18.9 Å². The van der Waals surface area contributed by atoms with Crippen LogP contribution in [0.5, 0.6) is 5.75 Å². The molecule has 0 aliphatic rings. The zero-order chi connectivity index (χ0) is 19.1. The van der Waals surface area contributed by atoms with Crippen molar-refractivity contribution in [3.05, 3.63) is 54.6 Å². The second kappa shape index (κ2) is 9.03. The molecule has 142 valence electrons. The standard InChI is InChI=1S/C18H20N4O3S2/c1-2-25-15-8-10-16(11-9-15)27(23,24)19-12-13-26-18-20-17(21-22-18)14-6-4-3-5-7-14/h3-11,19H,2,12-13H2,1H3,(H,20,21,22). The summed E-state index contributed by atoms with van der Waals surface area (Å²) in [6.07, 6.45) is 0. The molecule has 0 fully saturated rings. The third-order valence-corrected chi connectivity index (χ3v) is 5.91. The molecule has 3 rings (SSSR count). The summed E-state index contributed by atoms with van der Waals surface area (Å²) in [6, 6.07) is 16.0. The molecule has 27 heavy (non-hydrogen) atoms. The zero-order valence-electron chi connectivity index (χ0n) is 14.8. The largest absolute Gasteiger partial charge is 0.494 e. The summed E-state index contributed by atoms with van der Waals surface area (Å²) < 4.78 is 32.5. The van der Waals surface area contributed by atoms with Crippen molar-refractivity contribution in [1.29, 1.82) is 0 Å². The lowest BCUT2D eigenvalue weighted by atomic mass is 10.2. The first kappa shape index (κ1) is 19.4. The van der Waals surface area contributed by atoms with Crippen LogP contribution in [-0.4, -0.2) is 42.5 Å². The molecule has 7 nitrogen and oxygen atoms in total. The van der Waals surface area contributed by atoms with E-state index >= 15 is 0 Å². The van der Waals surface area contributed by atoms with E-state index in [1.165, 1.54) is 23.9 Å². The normalized spacial score (nSPS) is 11.4. The molecular weight excluding hydrogens is 384 g/mol. The predicted molar refractivity (Wildman–Crippen MR) is 105 cm³/mol. The summed E-state index contributed by atoms with van der Waals surface area (Å²) in [5, 5.41) is 7.61. The molecule has 2 aromatic carbocycles. The summed E-state index contributed by atoms with van der Waals surface area (Å²) in [4.78, 5) is 4.61. The third kappa shape index (κ3) is 5.31. The van der Waals surface area contributed by atoms with Gasteiger partial charge in [-0.3, -0.25) is 5.10 Å². The molecule has 0 atom stereocenters. The van der Waals surface area contributed by atoms with E-state index in [-0.39, 0.29) is 11.4 Å². The number of nitrogens with zero attached hydrogens (tertiary/aromatic N) is 2. The Morgan fingerprint density at radius 1 is 1.11 bits per heavy atom. The van der Waals surface area contributed by atoms with Gasteiger partial charge in [0, 0.05) is 17.9 Å². The number of nitrogens with one attached hydrogen (secondary N) is 2. The van der Waals surface area contributed by atoms with Gasteiger partial charge in [-0.25, -0.2) is 18.1 Å². The predicted octanol–water partition coefficient (Wildman–Crippen LogP) is 2.94. The first-order valence-electron chi connectivity index (χ1n) is 8.41. The molecule has 1 heterocycles. The number of benzene rings is 2. The topological polar surface area (TPSA) is 97.0 Å². The summed E-state index contributed by atoms with van der Waals surface area (Å²) in [5.41, 5.74) is 0.952. The smallest absolute Gasteiger partial charge is 0.240 e. The number of thioether (sulfide) groups is 1. The Morgan fingerprint density at radius 2 is 1.85 bits per heavy atom. The first-order chi connectivity index (χ1) is 13.1. The average Bonchev–Trinajstić information content (AvgIpc) is 3.16. The molecule has 2 N–H and O–H groups in total. The van der Waals surface area contributed by atoms with E-state index in [1.54, 1.807) is 12.1 Å². The van der Waals surface area contributed by atoms with Crippen molar-refractivity contribution >= 4 is 21.8 Å². The van der Waals surface area contributed by atoms with Gasteiger partial charge < -0.3 is 4.74 Å². The fourth-order valence-electron chi connectivity index (χ4n) is 2.32. The first-order valence-corrected chi connectivity index (χ1v) is 10.9. The van der Waals surface area contributed by atoms with Crippen molar-refractivity contribution in [3.8, 4) is 17.1 Å². The molecule has 0 unspecified atom stereocenters. The van der Waals surface area contributed by atoms with Crippen LogP contribution in [0.25, 0.3) is 11.4 Å². The fraction of sp³-hybridized carbons (Fsp3) is 0.222. The van der Waals surface area contributed by atoms with Gasteiger partial charge in [0.05, 0.1) is 11.5 Å².